The van der Waals surface area contributed by atoms with Crippen molar-refractivity contribution in [2.75, 3.05) is 66.3 Å². The minimum atomic E-state index is -0.804. The van der Waals surface area contributed by atoms with E-state index in [1.807, 2.05) is 6.07 Å². The molecule has 226 valence electrons. The lowest BCUT2D eigenvalue weighted by Gasteiger charge is -2.29. The number of nitrogens with zero attached hydrogens (tertiary/aromatic N) is 2. The monoisotopic (exact) mass is 580 g/mol. The fourth-order valence-electron chi connectivity index (χ4n) is 5.47. The number of Topliss-reactive ketones (excluding diaryl/α,β-unsaturated/α-hetero) is 1. The van der Waals surface area contributed by atoms with Gasteiger partial charge in [-0.15, -0.1) is 0 Å². The predicted molar refractivity (Wildman–Crippen MR) is 156 cm³/mol. The molecular weight excluding hydrogens is 540 g/mol. The summed E-state index contributed by atoms with van der Waals surface area (Å²) in [5.74, 6) is 0.983. The van der Waals surface area contributed by atoms with Crippen molar-refractivity contribution in [2.45, 2.75) is 32.7 Å². The van der Waals surface area contributed by atoms with Crippen LogP contribution in [0, 0.1) is 5.92 Å². The summed E-state index contributed by atoms with van der Waals surface area (Å²) in [6.07, 6.45) is 1.56. The summed E-state index contributed by atoms with van der Waals surface area (Å²) in [6, 6.07) is 9.61. The molecule has 3 heterocycles. The van der Waals surface area contributed by atoms with Gasteiger partial charge in [0.2, 0.25) is 0 Å². The molecule has 0 saturated carbocycles. The average molecular weight is 581 g/mol. The van der Waals surface area contributed by atoms with Crippen LogP contribution in [0.2, 0.25) is 0 Å². The van der Waals surface area contributed by atoms with E-state index in [4.69, 9.17) is 23.7 Å². The van der Waals surface area contributed by atoms with Crippen LogP contribution in [0.15, 0.2) is 42.0 Å². The smallest absolute Gasteiger partial charge is 0.295 e. The van der Waals surface area contributed by atoms with Gasteiger partial charge in [0.05, 0.1) is 38.5 Å². The second kappa shape index (κ2) is 13.5. The number of hydrogen-bond acceptors (Lipinski definition) is 9. The number of ketones is 1. The van der Waals surface area contributed by atoms with Crippen molar-refractivity contribution in [3.63, 3.8) is 0 Å². The highest BCUT2D eigenvalue weighted by molar-refractivity contribution is 6.46. The molecule has 42 heavy (non-hydrogen) atoms. The molecule has 10 nitrogen and oxygen atoms in total. The van der Waals surface area contributed by atoms with E-state index in [9.17, 15) is 14.7 Å². The zero-order chi connectivity index (χ0) is 29.6. The van der Waals surface area contributed by atoms with Crippen LogP contribution >= 0.6 is 0 Å². The first-order valence-electron chi connectivity index (χ1n) is 14.7. The van der Waals surface area contributed by atoms with Crippen LogP contribution < -0.4 is 18.9 Å². The minimum Gasteiger partial charge on any atom is -0.507 e. The van der Waals surface area contributed by atoms with Gasteiger partial charge >= 0.3 is 0 Å². The van der Waals surface area contributed by atoms with E-state index < -0.39 is 17.7 Å². The number of ether oxygens (including phenoxy) is 5. The van der Waals surface area contributed by atoms with Crippen molar-refractivity contribution < 1.29 is 38.4 Å². The molecule has 1 N–H and O–H groups in total. The van der Waals surface area contributed by atoms with Gasteiger partial charge in [-0.2, -0.15) is 0 Å². The molecule has 3 aliphatic rings. The Hall–Kier alpha value is -3.76. The second-order valence-corrected chi connectivity index (χ2v) is 11.1. The summed E-state index contributed by atoms with van der Waals surface area (Å²) >= 11 is 0. The molecule has 10 heteroatoms. The molecule has 5 rings (SSSR count). The van der Waals surface area contributed by atoms with Crippen LogP contribution in [0.25, 0.3) is 5.76 Å². The maximum absolute atomic E-state index is 13.5. The van der Waals surface area contributed by atoms with Gasteiger partial charge in [0.25, 0.3) is 11.7 Å². The summed E-state index contributed by atoms with van der Waals surface area (Å²) in [5, 5.41) is 11.5. The molecule has 0 radical (unpaired) electrons. The number of morpholine rings is 1. The van der Waals surface area contributed by atoms with E-state index in [2.05, 4.69) is 18.7 Å². The summed E-state index contributed by atoms with van der Waals surface area (Å²) in [4.78, 5) is 30.9. The van der Waals surface area contributed by atoms with Crippen molar-refractivity contribution >= 4 is 17.4 Å². The molecule has 3 aliphatic heterocycles. The van der Waals surface area contributed by atoms with E-state index in [0.717, 1.165) is 26.1 Å². The predicted octanol–water partition coefficient (Wildman–Crippen LogP) is 4.04. The first-order chi connectivity index (χ1) is 20.4. The maximum atomic E-state index is 13.5. The lowest BCUT2D eigenvalue weighted by atomic mass is 9.94. The fraction of sp³-hybridized carbons (Fsp3) is 0.500. The Morgan fingerprint density at radius 1 is 0.976 bits per heavy atom. The van der Waals surface area contributed by atoms with Crippen molar-refractivity contribution in [3.8, 4) is 23.0 Å². The van der Waals surface area contributed by atoms with Gasteiger partial charge in [-0.1, -0.05) is 19.9 Å². The summed E-state index contributed by atoms with van der Waals surface area (Å²) < 4.78 is 28.4. The topological polar surface area (TPSA) is 107 Å². The number of aliphatic hydroxyl groups is 1. The molecule has 0 aliphatic carbocycles. The number of rotatable bonds is 11. The Kier molecular flexibility index (Phi) is 9.54. The van der Waals surface area contributed by atoms with Crippen LogP contribution in [0.5, 0.6) is 23.0 Å². The van der Waals surface area contributed by atoms with Gasteiger partial charge < -0.3 is 33.7 Å². The number of carbonyl (C=O) groups excluding carboxylic acids is 2. The molecule has 0 spiro atoms. The Labute approximate surface area is 246 Å². The third-order valence-electron chi connectivity index (χ3n) is 7.79. The lowest BCUT2D eigenvalue weighted by molar-refractivity contribution is -0.140. The average Bonchev–Trinajstić information content (AvgIpc) is 3.26. The third-order valence-corrected chi connectivity index (χ3v) is 7.79. The molecule has 1 atom stereocenters. The molecule has 0 aromatic heterocycles. The molecule has 1 amide bonds. The summed E-state index contributed by atoms with van der Waals surface area (Å²) in [7, 11) is 1.56. The van der Waals surface area contributed by atoms with Crippen LogP contribution in [0.1, 0.15) is 43.9 Å². The van der Waals surface area contributed by atoms with Gasteiger partial charge in [0.1, 0.15) is 19.0 Å². The van der Waals surface area contributed by atoms with E-state index in [1.54, 1.807) is 42.3 Å². The number of fused-ring (bicyclic) bond motifs is 1. The molecule has 2 saturated heterocycles. The van der Waals surface area contributed by atoms with E-state index in [0.29, 0.717) is 86.0 Å². The third kappa shape index (κ3) is 6.50. The van der Waals surface area contributed by atoms with Crippen LogP contribution in [0.4, 0.5) is 0 Å². The molecule has 2 aromatic carbocycles. The van der Waals surface area contributed by atoms with Gasteiger partial charge in [0.15, 0.2) is 23.0 Å². The number of hydrogen-bond donors (Lipinski definition) is 1. The number of likely N-dealkylation sites (tertiary alicyclic amines) is 1. The van der Waals surface area contributed by atoms with Crippen LogP contribution in [0.3, 0.4) is 0 Å². The van der Waals surface area contributed by atoms with E-state index in [-0.39, 0.29) is 11.3 Å². The van der Waals surface area contributed by atoms with E-state index in [1.165, 1.54) is 0 Å². The lowest BCUT2D eigenvalue weighted by Crippen LogP contribution is -2.39. The van der Waals surface area contributed by atoms with Gasteiger partial charge in [-0.25, -0.2) is 0 Å². The zero-order valence-corrected chi connectivity index (χ0v) is 24.6. The molecule has 2 aromatic rings. The van der Waals surface area contributed by atoms with Gasteiger partial charge in [0, 0.05) is 31.7 Å². The Bertz CT molecular complexity index is 1320. The van der Waals surface area contributed by atoms with Crippen molar-refractivity contribution in [2.24, 2.45) is 5.92 Å². The fourth-order valence-corrected chi connectivity index (χ4v) is 5.47. The number of methoxy groups -OCH3 is 1. The number of amides is 1. The van der Waals surface area contributed by atoms with Crippen molar-refractivity contribution in [1.82, 2.24) is 9.80 Å². The Balaban J connectivity index is 1.49. The highest BCUT2D eigenvalue weighted by Crippen LogP contribution is 2.43. The highest BCUT2D eigenvalue weighted by Gasteiger charge is 2.46. The number of benzene rings is 2. The SMILES string of the molecule is COc1cc([C@@H]2C(=C(O)c3ccc4c(c3)OCCO4)C(=O)C(=O)N2CCCN2CCOCC2)ccc1OCCC(C)C. The van der Waals surface area contributed by atoms with E-state index >= 15 is 0 Å². The quantitative estimate of drug-likeness (QED) is 0.239. The number of carbonyl (C=O) groups is 2. The number of aliphatic hydroxyl groups excluding tert-OH is 1. The zero-order valence-electron chi connectivity index (χ0n) is 24.6. The highest BCUT2D eigenvalue weighted by atomic mass is 16.6. The van der Waals surface area contributed by atoms with Crippen molar-refractivity contribution in [3.05, 3.63) is 53.1 Å². The standard InChI is InChI=1S/C32H40N2O8/c1-21(2)9-14-40-24-7-5-22(19-26(24)38-3)29-28(30(35)23-6-8-25-27(20-23)42-18-17-41-25)31(36)32(37)34(29)11-4-10-33-12-15-39-16-13-33/h5-8,19-21,29,35H,4,9-18H2,1-3H3/t29-/m1/s1. The molecule has 0 bridgehead atoms. The first kappa shape index (κ1) is 29.7. The first-order valence-corrected chi connectivity index (χ1v) is 14.7. The Morgan fingerprint density at radius 2 is 1.74 bits per heavy atom. The van der Waals surface area contributed by atoms with Crippen LogP contribution in [-0.4, -0.2) is 92.9 Å². The normalized spacial score (nSPS) is 20.3. The molecule has 2 fully saturated rings. The second-order valence-electron chi connectivity index (χ2n) is 11.1. The van der Waals surface area contributed by atoms with Crippen molar-refractivity contribution in [1.29, 1.82) is 0 Å². The minimum absolute atomic E-state index is 0.0265. The summed E-state index contributed by atoms with van der Waals surface area (Å²) in [5.41, 5.74) is 1.04. The Morgan fingerprint density at radius 3 is 2.48 bits per heavy atom. The largest absolute Gasteiger partial charge is 0.507 e. The maximum Gasteiger partial charge on any atom is 0.295 e. The van der Waals surface area contributed by atoms with Gasteiger partial charge in [-0.05, 0) is 54.7 Å². The van der Waals surface area contributed by atoms with Gasteiger partial charge in [-0.3, -0.25) is 14.5 Å². The molecular formula is C32H40N2O8. The van der Waals surface area contributed by atoms with Crippen LogP contribution in [-0.2, 0) is 14.3 Å². The molecule has 0 unspecified atom stereocenters. The summed E-state index contributed by atoms with van der Waals surface area (Å²) in [6.45, 7) is 9.79.